The van der Waals surface area contributed by atoms with Gasteiger partial charge in [-0.1, -0.05) is 38.0 Å². The zero-order chi connectivity index (χ0) is 22.1. The molecule has 1 amide bonds. The van der Waals surface area contributed by atoms with Crippen molar-refractivity contribution in [2.24, 2.45) is 5.73 Å². The average molecular weight is 420 g/mol. The third kappa shape index (κ3) is 6.60. The van der Waals surface area contributed by atoms with Crippen LogP contribution in [0.15, 0.2) is 67.1 Å². The predicted octanol–water partition coefficient (Wildman–Crippen LogP) is 4.09. The average Bonchev–Trinajstić information content (AvgIpc) is 2.79. The molecular formula is C24H29N5O2. The summed E-state index contributed by atoms with van der Waals surface area (Å²) in [7, 11) is 0. The number of nitrogens with one attached hydrogen (secondary N) is 1. The number of carbonyl (C=O) groups is 1. The van der Waals surface area contributed by atoms with Gasteiger partial charge in [0.25, 0.3) is 5.91 Å². The number of nitrogen functional groups attached to an aromatic ring is 1. The molecule has 0 aliphatic carbocycles. The Hall–Kier alpha value is -3.29. The van der Waals surface area contributed by atoms with Crippen LogP contribution in [0, 0.1) is 0 Å². The number of hydrogen-bond donors (Lipinski definition) is 3. The van der Waals surface area contributed by atoms with Gasteiger partial charge in [0.1, 0.15) is 5.82 Å². The maximum Gasteiger partial charge on any atom is 0.255 e. The maximum atomic E-state index is 12.5. The second-order valence-corrected chi connectivity index (χ2v) is 7.42. The summed E-state index contributed by atoms with van der Waals surface area (Å²) >= 11 is 0. The number of rotatable bonds is 10. The minimum Gasteiger partial charge on any atom is -0.384 e. The van der Waals surface area contributed by atoms with Crippen molar-refractivity contribution in [1.82, 2.24) is 9.97 Å². The van der Waals surface area contributed by atoms with Crippen LogP contribution in [0.25, 0.3) is 0 Å². The number of carbonyl (C=O) groups excluding carboxylic acids is 1. The molecule has 0 saturated heterocycles. The Morgan fingerprint density at radius 1 is 1.16 bits per heavy atom. The van der Waals surface area contributed by atoms with Crippen LogP contribution in [0.5, 0.6) is 0 Å². The van der Waals surface area contributed by atoms with E-state index in [1.54, 1.807) is 42.9 Å². The summed E-state index contributed by atoms with van der Waals surface area (Å²) in [5.74, 6) is 0.129. The molecule has 0 spiro atoms. The molecular weight excluding hydrogens is 390 g/mol. The summed E-state index contributed by atoms with van der Waals surface area (Å²) in [6.45, 7) is 2.61. The number of anilines is 2. The minimum absolute atomic E-state index is 0.125. The van der Waals surface area contributed by atoms with Gasteiger partial charge in [-0.3, -0.25) is 9.78 Å². The van der Waals surface area contributed by atoms with Gasteiger partial charge in [-0.05, 0) is 41.8 Å². The number of unbranched alkanes of at least 4 members (excludes halogenated alkanes) is 1. The number of hydrogen-bond acceptors (Lipinski definition) is 6. The molecule has 0 saturated carbocycles. The molecule has 162 valence electrons. The largest absolute Gasteiger partial charge is 0.384 e. The van der Waals surface area contributed by atoms with E-state index in [0.717, 1.165) is 30.4 Å². The first kappa shape index (κ1) is 22.4. The van der Waals surface area contributed by atoms with Gasteiger partial charge in [0.05, 0.1) is 18.8 Å². The summed E-state index contributed by atoms with van der Waals surface area (Å²) < 4.78 is 6.15. The quantitative estimate of drug-likeness (QED) is 0.456. The molecule has 5 N–H and O–H groups in total. The highest BCUT2D eigenvalue weighted by atomic mass is 16.5. The molecule has 0 aliphatic heterocycles. The molecule has 7 nitrogen and oxygen atoms in total. The first-order valence-corrected chi connectivity index (χ1v) is 10.5. The first-order valence-electron chi connectivity index (χ1n) is 10.5. The Morgan fingerprint density at radius 3 is 2.65 bits per heavy atom. The number of nitrogens with two attached hydrogens (primary N) is 2. The van der Waals surface area contributed by atoms with E-state index in [4.69, 9.17) is 16.2 Å². The molecule has 0 aliphatic rings. The highest BCUT2D eigenvalue weighted by Crippen LogP contribution is 2.23. The fraction of sp³-hybridized carbons (Fsp3) is 0.292. The van der Waals surface area contributed by atoms with Crippen molar-refractivity contribution in [3.05, 3.63) is 83.8 Å². The summed E-state index contributed by atoms with van der Waals surface area (Å²) in [6.07, 6.45) is 7.93. The van der Waals surface area contributed by atoms with Crippen molar-refractivity contribution in [3.63, 3.8) is 0 Å². The fourth-order valence-electron chi connectivity index (χ4n) is 3.26. The van der Waals surface area contributed by atoms with E-state index in [1.165, 1.54) is 0 Å². The summed E-state index contributed by atoms with van der Waals surface area (Å²) in [6, 6.07) is 14.2. The summed E-state index contributed by atoms with van der Waals surface area (Å²) in [4.78, 5) is 20.6. The molecule has 2 unspecified atom stereocenters. The van der Waals surface area contributed by atoms with Crippen molar-refractivity contribution in [3.8, 4) is 0 Å². The third-order valence-corrected chi connectivity index (χ3v) is 5.03. The monoisotopic (exact) mass is 419 g/mol. The molecule has 3 rings (SSSR count). The van der Waals surface area contributed by atoms with E-state index in [1.807, 2.05) is 24.3 Å². The van der Waals surface area contributed by atoms with Gasteiger partial charge in [-0.25, -0.2) is 4.98 Å². The van der Waals surface area contributed by atoms with Crippen molar-refractivity contribution >= 4 is 17.4 Å². The molecule has 31 heavy (non-hydrogen) atoms. The molecule has 2 atom stereocenters. The molecule has 1 aromatic carbocycles. The third-order valence-electron chi connectivity index (χ3n) is 5.03. The summed E-state index contributed by atoms with van der Waals surface area (Å²) in [5.41, 5.74) is 15.3. The number of benzene rings is 1. The lowest BCUT2D eigenvalue weighted by atomic mass is 9.97. The van der Waals surface area contributed by atoms with Gasteiger partial charge in [-0.2, -0.15) is 0 Å². The van der Waals surface area contributed by atoms with Crippen LogP contribution < -0.4 is 16.8 Å². The number of pyridine rings is 2. The van der Waals surface area contributed by atoms with Crippen molar-refractivity contribution < 1.29 is 9.53 Å². The van der Waals surface area contributed by atoms with Crippen LogP contribution >= 0.6 is 0 Å². The topological polar surface area (TPSA) is 116 Å². The van der Waals surface area contributed by atoms with E-state index >= 15 is 0 Å². The van der Waals surface area contributed by atoms with Crippen LogP contribution in [0.1, 0.15) is 53.7 Å². The molecule has 7 heteroatoms. The normalized spacial score (nSPS) is 12.8. The van der Waals surface area contributed by atoms with Gasteiger partial charge in [0, 0.05) is 35.9 Å². The Morgan fingerprint density at radius 2 is 1.97 bits per heavy atom. The standard InChI is InChI=1S/C24H29N5O2/c1-2-3-6-21(31-16-17-5-4-12-27-15-17)23(26)18-7-9-19(10-8-18)24(30)29-20-11-13-28-22(25)14-20/h4-5,7-15,21,23H,2-3,6,16,26H2,1H3,(H3,25,28,29,30). The van der Waals surface area contributed by atoms with Gasteiger partial charge < -0.3 is 21.5 Å². The molecule has 0 bridgehead atoms. The van der Waals surface area contributed by atoms with Gasteiger partial charge in [0.2, 0.25) is 0 Å². The highest BCUT2D eigenvalue weighted by molar-refractivity contribution is 6.04. The number of aromatic nitrogens is 2. The number of nitrogens with zero attached hydrogens (tertiary/aromatic N) is 2. The lowest BCUT2D eigenvalue weighted by Gasteiger charge is -2.25. The zero-order valence-electron chi connectivity index (χ0n) is 17.7. The Balaban J connectivity index is 1.65. The van der Waals surface area contributed by atoms with E-state index in [0.29, 0.717) is 23.7 Å². The SMILES string of the molecule is CCCCC(OCc1cccnc1)C(N)c1ccc(C(=O)Nc2ccnc(N)c2)cc1. The van der Waals surface area contributed by atoms with E-state index in [-0.39, 0.29) is 18.1 Å². The van der Waals surface area contributed by atoms with Gasteiger partial charge >= 0.3 is 0 Å². The van der Waals surface area contributed by atoms with Crippen LogP contribution in [0.2, 0.25) is 0 Å². The fourth-order valence-corrected chi connectivity index (χ4v) is 3.26. The maximum absolute atomic E-state index is 12.5. The van der Waals surface area contributed by atoms with Crippen LogP contribution in [0.4, 0.5) is 11.5 Å². The predicted molar refractivity (Wildman–Crippen MR) is 122 cm³/mol. The second-order valence-electron chi connectivity index (χ2n) is 7.42. The van der Waals surface area contributed by atoms with Crippen molar-refractivity contribution in [2.45, 2.75) is 44.9 Å². The van der Waals surface area contributed by atoms with Crippen molar-refractivity contribution in [2.75, 3.05) is 11.1 Å². The van der Waals surface area contributed by atoms with Crippen LogP contribution in [0.3, 0.4) is 0 Å². The number of ether oxygens (including phenoxy) is 1. The van der Waals surface area contributed by atoms with Gasteiger partial charge in [-0.15, -0.1) is 0 Å². The Labute approximate surface area is 182 Å². The molecule has 0 fully saturated rings. The smallest absolute Gasteiger partial charge is 0.255 e. The molecule has 2 heterocycles. The molecule has 0 radical (unpaired) electrons. The lowest BCUT2D eigenvalue weighted by Crippen LogP contribution is -2.29. The first-order chi connectivity index (χ1) is 15.1. The van der Waals surface area contributed by atoms with Crippen molar-refractivity contribution in [1.29, 1.82) is 0 Å². The van der Waals surface area contributed by atoms with E-state index < -0.39 is 0 Å². The summed E-state index contributed by atoms with van der Waals surface area (Å²) in [5, 5.41) is 2.82. The van der Waals surface area contributed by atoms with Gasteiger partial charge in [0.15, 0.2) is 0 Å². The molecule has 2 aromatic heterocycles. The minimum atomic E-state index is -0.291. The van der Waals surface area contributed by atoms with Crippen LogP contribution in [-0.4, -0.2) is 22.0 Å². The number of amides is 1. The molecule has 3 aromatic rings. The zero-order valence-corrected chi connectivity index (χ0v) is 17.7. The van der Waals surface area contributed by atoms with Crippen LogP contribution in [-0.2, 0) is 11.3 Å². The Kier molecular flexibility index (Phi) is 8.09. The lowest BCUT2D eigenvalue weighted by molar-refractivity contribution is 0.0160. The second kappa shape index (κ2) is 11.2. The highest BCUT2D eigenvalue weighted by Gasteiger charge is 2.20. The van der Waals surface area contributed by atoms with E-state index in [9.17, 15) is 4.79 Å². The Bertz CT molecular complexity index is 963. The van der Waals surface area contributed by atoms with E-state index in [2.05, 4.69) is 22.2 Å².